The smallest absolute Gasteiger partial charge is 0.0547 e. The molecule has 2 N–H and O–H groups in total. The number of benzene rings is 1. The van der Waals surface area contributed by atoms with Crippen molar-refractivity contribution in [3.8, 4) is 0 Å². The molecule has 3 heteroatoms. The Hall–Kier alpha value is -0.510. The number of rotatable bonds is 9. The summed E-state index contributed by atoms with van der Waals surface area (Å²) in [6, 6.07) is 9.33. The van der Waals surface area contributed by atoms with Crippen molar-refractivity contribution in [3.05, 3.63) is 35.4 Å². The zero-order valence-electron chi connectivity index (χ0n) is 13.2. The minimum atomic E-state index is 0.247. The molecule has 0 aliphatic heterocycles. The van der Waals surface area contributed by atoms with Crippen LogP contribution in [0.4, 0.5) is 0 Å². The first-order valence-electron chi connectivity index (χ1n) is 7.64. The highest BCUT2D eigenvalue weighted by molar-refractivity contribution is 7.99. The number of nitrogens with one attached hydrogen (secondary N) is 1. The standard InChI is InChI=1S/C17H29NOS/c1-5-10-18-17(12-20-14(4)11-19)16-8-6-15(7-9-16)13(2)3/h6-9,13-14,17-19H,5,10-12H2,1-4H3. The van der Waals surface area contributed by atoms with Crippen LogP contribution in [0.1, 0.15) is 57.2 Å². The lowest BCUT2D eigenvalue weighted by molar-refractivity contribution is 0.300. The summed E-state index contributed by atoms with van der Waals surface area (Å²) in [5.74, 6) is 1.58. The summed E-state index contributed by atoms with van der Waals surface area (Å²) >= 11 is 1.83. The van der Waals surface area contributed by atoms with E-state index in [1.54, 1.807) is 0 Å². The molecular formula is C17H29NOS. The van der Waals surface area contributed by atoms with Gasteiger partial charge in [0.1, 0.15) is 0 Å². The van der Waals surface area contributed by atoms with E-state index in [0.29, 0.717) is 17.2 Å². The third-order valence-corrected chi connectivity index (χ3v) is 4.69. The number of hydrogen-bond acceptors (Lipinski definition) is 3. The zero-order chi connectivity index (χ0) is 15.0. The maximum Gasteiger partial charge on any atom is 0.0547 e. The topological polar surface area (TPSA) is 32.3 Å². The Morgan fingerprint density at radius 2 is 1.70 bits per heavy atom. The molecule has 0 spiro atoms. The van der Waals surface area contributed by atoms with Crippen LogP contribution in [0.2, 0.25) is 0 Å². The Balaban J connectivity index is 2.70. The van der Waals surface area contributed by atoms with Crippen LogP contribution in [0.25, 0.3) is 0 Å². The summed E-state index contributed by atoms with van der Waals surface area (Å²) in [5.41, 5.74) is 2.74. The Bertz CT molecular complexity index is 364. The SMILES string of the molecule is CCCNC(CSC(C)CO)c1ccc(C(C)C)cc1. The summed E-state index contributed by atoms with van der Waals surface area (Å²) in [7, 11) is 0. The molecule has 1 aromatic rings. The normalized spacial score (nSPS) is 14.5. The molecule has 0 bridgehead atoms. The Labute approximate surface area is 128 Å². The minimum absolute atomic E-state index is 0.247. The summed E-state index contributed by atoms with van der Waals surface area (Å²) < 4.78 is 0. The first kappa shape index (κ1) is 17.5. The molecule has 2 atom stereocenters. The van der Waals surface area contributed by atoms with Gasteiger partial charge in [-0.2, -0.15) is 11.8 Å². The van der Waals surface area contributed by atoms with E-state index in [-0.39, 0.29) is 6.61 Å². The van der Waals surface area contributed by atoms with Crippen LogP contribution >= 0.6 is 11.8 Å². The van der Waals surface area contributed by atoms with E-state index < -0.39 is 0 Å². The highest BCUT2D eigenvalue weighted by Gasteiger charge is 2.13. The highest BCUT2D eigenvalue weighted by Crippen LogP contribution is 2.23. The number of hydrogen-bond donors (Lipinski definition) is 2. The predicted octanol–water partition coefficient (Wildman–Crippen LogP) is 3.96. The van der Waals surface area contributed by atoms with Crippen LogP contribution in [-0.4, -0.2) is 29.3 Å². The van der Waals surface area contributed by atoms with Gasteiger partial charge in [0, 0.05) is 17.0 Å². The predicted molar refractivity (Wildman–Crippen MR) is 90.6 cm³/mol. The zero-order valence-corrected chi connectivity index (χ0v) is 14.0. The molecule has 2 unspecified atom stereocenters. The van der Waals surface area contributed by atoms with Gasteiger partial charge in [-0.05, 0) is 30.0 Å². The first-order valence-corrected chi connectivity index (χ1v) is 8.69. The van der Waals surface area contributed by atoms with E-state index in [1.165, 1.54) is 11.1 Å². The molecule has 20 heavy (non-hydrogen) atoms. The van der Waals surface area contributed by atoms with Crippen molar-refractivity contribution in [2.24, 2.45) is 0 Å². The van der Waals surface area contributed by atoms with Gasteiger partial charge in [0.2, 0.25) is 0 Å². The quantitative estimate of drug-likeness (QED) is 0.723. The van der Waals surface area contributed by atoms with Crippen LogP contribution in [-0.2, 0) is 0 Å². The minimum Gasteiger partial charge on any atom is -0.395 e. The monoisotopic (exact) mass is 295 g/mol. The Kier molecular flexibility index (Phi) is 8.27. The largest absolute Gasteiger partial charge is 0.395 e. The molecule has 114 valence electrons. The molecule has 0 fully saturated rings. The van der Waals surface area contributed by atoms with Gasteiger partial charge in [-0.15, -0.1) is 0 Å². The number of aliphatic hydroxyl groups is 1. The van der Waals surface area contributed by atoms with Crippen molar-refractivity contribution in [2.75, 3.05) is 18.9 Å². The molecule has 0 aliphatic rings. The van der Waals surface area contributed by atoms with Gasteiger partial charge in [0.15, 0.2) is 0 Å². The second-order valence-electron chi connectivity index (χ2n) is 5.65. The Morgan fingerprint density at radius 1 is 1.10 bits per heavy atom. The van der Waals surface area contributed by atoms with E-state index in [9.17, 15) is 0 Å². The van der Waals surface area contributed by atoms with Gasteiger partial charge in [0.25, 0.3) is 0 Å². The molecule has 0 radical (unpaired) electrons. The fraction of sp³-hybridized carbons (Fsp3) is 0.647. The fourth-order valence-electron chi connectivity index (χ4n) is 2.02. The lowest BCUT2D eigenvalue weighted by Gasteiger charge is -2.21. The summed E-state index contributed by atoms with van der Waals surface area (Å²) in [6.07, 6.45) is 1.14. The van der Waals surface area contributed by atoms with E-state index in [1.807, 2.05) is 11.8 Å². The molecule has 1 rings (SSSR count). The van der Waals surface area contributed by atoms with Crippen molar-refractivity contribution in [1.82, 2.24) is 5.32 Å². The van der Waals surface area contributed by atoms with Crippen molar-refractivity contribution < 1.29 is 5.11 Å². The number of thioether (sulfide) groups is 1. The summed E-state index contributed by atoms with van der Waals surface area (Å²) in [5, 5.41) is 13.1. The lowest BCUT2D eigenvalue weighted by atomic mass is 9.99. The van der Waals surface area contributed by atoms with Crippen LogP contribution < -0.4 is 5.32 Å². The maximum absolute atomic E-state index is 9.15. The van der Waals surface area contributed by atoms with E-state index >= 15 is 0 Å². The third-order valence-electron chi connectivity index (χ3n) is 3.45. The molecule has 2 nitrogen and oxygen atoms in total. The van der Waals surface area contributed by atoms with Gasteiger partial charge < -0.3 is 10.4 Å². The average molecular weight is 295 g/mol. The molecule has 0 aliphatic carbocycles. The van der Waals surface area contributed by atoms with Gasteiger partial charge >= 0.3 is 0 Å². The molecule has 0 amide bonds. The van der Waals surface area contributed by atoms with Crippen molar-refractivity contribution in [3.63, 3.8) is 0 Å². The van der Waals surface area contributed by atoms with Crippen LogP contribution in [0, 0.1) is 0 Å². The first-order chi connectivity index (χ1) is 9.58. The summed E-state index contributed by atoms with van der Waals surface area (Å²) in [4.78, 5) is 0. The van der Waals surface area contributed by atoms with Gasteiger partial charge in [0.05, 0.1) is 6.61 Å². The molecule has 0 saturated heterocycles. The second kappa shape index (κ2) is 9.43. The maximum atomic E-state index is 9.15. The molecule has 0 heterocycles. The second-order valence-corrected chi connectivity index (χ2v) is 7.13. The van der Waals surface area contributed by atoms with E-state index in [2.05, 4.69) is 57.3 Å². The third kappa shape index (κ3) is 5.86. The number of aliphatic hydroxyl groups excluding tert-OH is 1. The highest BCUT2D eigenvalue weighted by atomic mass is 32.2. The molecule has 1 aromatic carbocycles. The summed E-state index contributed by atoms with van der Waals surface area (Å²) in [6.45, 7) is 9.99. The van der Waals surface area contributed by atoms with Gasteiger partial charge in [-0.25, -0.2) is 0 Å². The van der Waals surface area contributed by atoms with Crippen molar-refractivity contribution >= 4 is 11.8 Å². The lowest BCUT2D eigenvalue weighted by Crippen LogP contribution is -2.25. The van der Waals surface area contributed by atoms with E-state index in [4.69, 9.17) is 5.11 Å². The van der Waals surface area contributed by atoms with Crippen molar-refractivity contribution in [1.29, 1.82) is 0 Å². The van der Waals surface area contributed by atoms with Crippen LogP contribution in [0.3, 0.4) is 0 Å². The fourth-order valence-corrected chi connectivity index (χ4v) is 2.95. The molecule has 0 aromatic heterocycles. The molecule has 0 saturated carbocycles. The average Bonchev–Trinajstić information content (AvgIpc) is 2.47. The van der Waals surface area contributed by atoms with Crippen molar-refractivity contribution in [2.45, 2.75) is 51.3 Å². The van der Waals surface area contributed by atoms with E-state index in [0.717, 1.165) is 18.7 Å². The molecular weight excluding hydrogens is 266 g/mol. The Morgan fingerprint density at radius 3 is 2.20 bits per heavy atom. The van der Waals surface area contributed by atoms with Gasteiger partial charge in [-0.3, -0.25) is 0 Å². The van der Waals surface area contributed by atoms with Crippen LogP contribution in [0.15, 0.2) is 24.3 Å². The van der Waals surface area contributed by atoms with Gasteiger partial charge in [-0.1, -0.05) is 52.0 Å². The van der Waals surface area contributed by atoms with Crippen LogP contribution in [0.5, 0.6) is 0 Å².